The summed E-state index contributed by atoms with van der Waals surface area (Å²) in [4.78, 5) is 7.27. The normalized spacial score (nSPS) is 21.4. The number of hydrogen-bond acceptors (Lipinski definition) is 4. The molecule has 0 unspecified atom stereocenters. The molecule has 2 aliphatic heterocycles. The fourth-order valence-corrected chi connectivity index (χ4v) is 5.62. The van der Waals surface area contributed by atoms with E-state index in [9.17, 15) is 8.42 Å². The third kappa shape index (κ3) is 3.23. The third-order valence-electron chi connectivity index (χ3n) is 5.42. The summed E-state index contributed by atoms with van der Waals surface area (Å²) < 4.78 is 27.8. The van der Waals surface area contributed by atoms with Gasteiger partial charge in [-0.25, -0.2) is 13.4 Å². The molecule has 0 radical (unpaired) electrons. The van der Waals surface area contributed by atoms with Crippen molar-refractivity contribution < 1.29 is 8.42 Å². The van der Waals surface area contributed by atoms with Gasteiger partial charge in [0.25, 0.3) is 0 Å². The predicted octanol–water partition coefficient (Wildman–Crippen LogP) is 3.52. The topological polar surface area (TPSA) is 53.5 Å². The van der Waals surface area contributed by atoms with E-state index in [1.807, 2.05) is 37.4 Å². The Morgan fingerprint density at radius 2 is 1.69 bits per heavy atom. The van der Waals surface area contributed by atoms with Gasteiger partial charge in [0.2, 0.25) is 10.0 Å². The number of benzene rings is 1. The number of nitrogens with zero attached hydrogens (tertiary/aromatic N) is 3. The fourth-order valence-electron chi connectivity index (χ4n) is 3.93. The van der Waals surface area contributed by atoms with Crippen molar-refractivity contribution in [2.45, 2.75) is 43.5 Å². The first-order valence-electron chi connectivity index (χ1n) is 9.35. The van der Waals surface area contributed by atoms with Crippen LogP contribution in [0.1, 0.15) is 42.9 Å². The van der Waals surface area contributed by atoms with Gasteiger partial charge in [-0.1, -0.05) is 23.8 Å². The van der Waals surface area contributed by atoms with Crippen LogP contribution in [0, 0.1) is 6.92 Å². The number of rotatable bonds is 4. The van der Waals surface area contributed by atoms with E-state index in [1.165, 1.54) is 12.8 Å². The van der Waals surface area contributed by atoms with Crippen molar-refractivity contribution in [2.24, 2.45) is 0 Å². The van der Waals surface area contributed by atoms with Crippen molar-refractivity contribution in [1.29, 1.82) is 0 Å². The highest BCUT2D eigenvalue weighted by molar-refractivity contribution is 7.89. The minimum atomic E-state index is -3.48. The van der Waals surface area contributed by atoms with E-state index in [2.05, 4.69) is 9.88 Å². The van der Waals surface area contributed by atoms with Crippen molar-refractivity contribution in [3.8, 4) is 0 Å². The second-order valence-corrected chi connectivity index (χ2v) is 9.12. The highest BCUT2D eigenvalue weighted by atomic mass is 32.2. The van der Waals surface area contributed by atoms with E-state index in [-0.39, 0.29) is 6.04 Å². The average molecular weight is 372 g/mol. The Morgan fingerprint density at radius 3 is 2.35 bits per heavy atom. The highest BCUT2D eigenvalue weighted by Crippen LogP contribution is 2.36. The average Bonchev–Trinajstić information content (AvgIpc) is 3.34. The number of aromatic nitrogens is 1. The van der Waals surface area contributed by atoms with Crippen molar-refractivity contribution in [1.82, 2.24) is 9.29 Å². The molecular formula is C20H25N3O2S. The summed E-state index contributed by atoms with van der Waals surface area (Å²) in [5, 5.41) is 0. The van der Waals surface area contributed by atoms with Gasteiger partial charge in [-0.2, -0.15) is 4.31 Å². The molecular weight excluding hydrogens is 346 g/mol. The van der Waals surface area contributed by atoms with Gasteiger partial charge < -0.3 is 4.90 Å². The number of aryl methyl sites for hydroxylation is 1. The van der Waals surface area contributed by atoms with Crippen LogP contribution in [-0.4, -0.2) is 37.3 Å². The fraction of sp³-hybridized carbons (Fsp3) is 0.450. The first kappa shape index (κ1) is 17.5. The Kier molecular flexibility index (Phi) is 4.71. The van der Waals surface area contributed by atoms with E-state index < -0.39 is 10.0 Å². The summed E-state index contributed by atoms with van der Waals surface area (Å²) in [6.07, 6.45) is 6.02. The summed E-state index contributed by atoms with van der Waals surface area (Å²) in [6.45, 7) is 4.64. The summed E-state index contributed by atoms with van der Waals surface area (Å²) in [6, 6.07) is 11.1. The van der Waals surface area contributed by atoms with Crippen LogP contribution in [0.25, 0.3) is 0 Å². The van der Waals surface area contributed by atoms with Crippen LogP contribution in [0.4, 0.5) is 5.82 Å². The molecule has 0 saturated carbocycles. The largest absolute Gasteiger partial charge is 0.357 e. The molecule has 4 rings (SSSR count). The van der Waals surface area contributed by atoms with E-state index >= 15 is 0 Å². The summed E-state index contributed by atoms with van der Waals surface area (Å²) >= 11 is 0. The second kappa shape index (κ2) is 7.00. The maximum absolute atomic E-state index is 13.1. The molecule has 2 aromatic rings. The van der Waals surface area contributed by atoms with E-state index in [4.69, 9.17) is 0 Å². The molecule has 2 aliphatic rings. The molecule has 0 amide bonds. The Morgan fingerprint density at radius 1 is 0.962 bits per heavy atom. The van der Waals surface area contributed by atoms with Crippen molar-refractivity contribution in [3.63, 3.8) is 0 Å². The van der Waals surface area contributed by atoms with Crippen LogP contribution in [0.15, 0.2) is 47.5 Å². The van der Waals surface area contributed by atoms with Crippen LogP contribution in [0.2, 0.25) is 0 Å². The molecule has 0 aliphatic carbocycles. The number of anilines is 1. The van der Waals surface area contributed by atoms with Gasteiger partial charge in [0.15, 0.2) is 0 Å². The SMILES string of the molecule is Cc1ccc(S(=O)(=O)N2CCC[C@H]2c2ccc(N3CCCC3)nc2)cc1. The zero-order valence-corrected chi connectivity index (χ0v) is 16.0. The third-order valence-corrected chi connectivity index (χ3v) is 7.34. The van der Waals surface area contributed by atoms with Gasteiger partial charge in [-0.05, 0) is 56.4 Å². The van der Waals surface area contributed by atoms with Crippen LogP contribution >= 0.6 is 0 Å². The number of pyridine rings is 1. The maximum Gasteiger partial charge on any atom is 0.243 e. The summed E-state index contributed by atoms with van der Waals surface area (Å²) in [5.74, 6) is 0.997. The molecule has 0 spiro atoms. The molecule has 26 heavy (non-hydrogen) atoms. The molecule has 0 bridgehead atoms. The van der Waals surface area contributed by atoms with Gasteiger partial charge in [0.1, 0.15) is 5.82 Å². The van der Waals surface area contributed by atoms with Gasteiger partial charge in [-0.3, -0.25) is 0 Å². The van der Waals surface area contributed by atoms with Crippen molar-refractivity contribution >= 4 is 15.8 Å². The Bertz CT molecular complexity index is 857. The second-order valence-electron chi connectivity index (χ2n) is 7.23. The standard InChI is InChI=1S/C20H25N3O2S/c1-16-6-9-18(10-7-16)26(24,25)23-14-4-5-19(23)17-8-11-20(21-15-17)22-12-2-3-13-22/h6-11,15,19H,2-5,12-14H2,1H3/t19-/m0/s1. The Balaban J connectivity index is 1.59. The lowest BCUT2D eigenvalue weighted by Gasteiger charge is -2.25. The first-order chi connectivity index (χ1) is 12.6. The summed E-state index contributed by atoms with van der Waals surface area (Å²) in [5.41, 5.74) is 2.05. The first-order valence-corrected chi connectivity index (χ1v) is 10.8. The number of sulfonamides is 1. The molecule has 2 fully saturated rings. The van der Waals surface area contributed by atoms with Crippen LogP contribution < -0.4 is 4.90 Å². The maximum atomic E-state index is 13.1. The van der Waals surface area contributed by atoms with Crippen LogP contribution in [0.3, 0.4) is 0 Å². The van der Waals surface area contributed by atoms with E-state index in [0.29, 0.717) is 11.4 Å². The predicted molar refractivity (Wildman–Crippen MR) is 103 cm³/mol. The van der Waals surface area contributed by atoms with E-state index in [1.54, 1.807) is 16.4 Å². The molecule has 1 aromatic heterocycles. The minimum Gasteiger partial charge on any atom is -0.357 e. The minimum absolute atomic E-state index is 0.124. The smallest absolute Gasteiger partial charge is 0.243 e. The lowest BCUT2D eigenvalue weighted by molar-refractivity contribution is 0.396. The molecule has 6 heteroatoms. The van der Waals surface area contributed by atoms with Gasteiger partial charge in [0, 0.05) is 25.8 Å². The molecule has 1 atom stereocenters. The molecule has 2 saturated heterocycles. The van der Waals surface area contributed by atoms with Gasteiger partial charge >= 0.3 is 0 Å². The van der Waals surface area contributed by atoms with Crippen LogP contribution in [0.5, 0.6) is 0 Å². The van der Waals surface area contributed by atoms with Crippen LogP contribution in [-0.2, 0) is 10.0 Å². The zero-order valence-electron chi connectivity index (χ0n) is 15.1. The molecule has 1 aromatic carbocycles. The van der Waals surface area contributed by atoms with E-state index in [0.717, 1.165) is 42.9 Å². The van der Waals surface area contributed by atoms with Crippen molar-refractivity contribution in [3.05, 3.63) is 53.7 Å². The lowest BCUT2D eigenvalue weighted by Crippen LogP contribution is -2.30. The summed E-state index contributed by atoms with van der Waals surface area (Å²) in [7, 11) is -3.48. The molecule has 138 valence electrons. The monoisotopic (exact) mass is 371 g/mol. The van der Waals surface area contributed by atoms with Gasteiger partial charge in [0.05, 0.1) is 10.9 Å². The molecule has 3 heterocycles. The molecule has 5 nitrogen and oxygen atoms in total. The molecule has 0 N–H and O–H groups in total. The van der Waals surface area contributed by atoms with Crippen molar-refractivity contribution in [2.75, 3.05) is 24.5 Å². The number of hydrogen-bond donors (Lipinski definition) is 0. The Labute approximate surface area is 155 Å². The quantitative estimate of drug-likeness (QED) is 0.825. The van der Waals surface area contributed by atoms with Gasteiger partial charge in [-0.15, -0.1) is 0 Å². The Hall–Kier alpha value is -1.92. The zero-order chi connectivity index (χ0) is 18.1. The highest BCUT2D eigenvalue weighted by Gasteiger charge is 2.36. The lowest BCUT2D eigenvalue weighted by atomic mass is 10.1.